The van der Waals surface area contributed by atoms with E-state index in [0.29, 0.717) is 23.8 Å². The van der Waals surface area contributed by atoms with Gasteiger partial charge in [0.2, 0.25) is 11.7 Å². The number of rotatable bonds is 9. The smallest absolute Gasteiger partial charge is 0.244 e. The summed E-state index contributed by atoms with van der Waals surface area (Å²) in [7, 11) is 8.67. The lowest BCUT2D eigenvalue weighted by Gasteiger charge is -2.23. The molecule has 0 spiro atoms. The second-order valence-corrected chi connectivity index (χ2v) is 6.85. The highest BCUT2D eigenvalue weighted by Crippen LogP contribution is 2.38. The average molecular weight is 391 g/mol. The molecule has 1 heterocycles. The lowest BCUT2D eigenvalue weighted by Crippen LogP contribution is -2.33. The first kappa shape index (κ1) is 20.8. The summed E-state index contributed by atoms with van der Waals surface area (Å²) in [4.78, 5) is 14.3. The molecule has 0 aliphatic carbocycles. The van der Waals surface area contributed by atoms with Crippen molar-refractivity contribution in [3.63, 3.8) is 0 Å². The van der Waals surface area contributed by atoms with Gasteiger partial charge in [-0.1, -0.05) is 0 Å². The molecule has 0 aliphatic heterocycles. The molecule has 1 aromatic carbocycles. The van der Waals surface area contributed by atoms with E-state index in [4.69, 9.17) is 14.2 Å². The molecule has 2 aromatic rings. The Balaban J connectivity index is 2.06. The number of nitrogens with zero attached hydrogens (tertiary/aromatic N) is 1. The van der Waals surface area contributed by atoms with E-state index in [1.165, 1.54) is 11.6 Å². The number of thiophene rings is 1. The van der Waals surface area contributed by atoms with Gasteiger partial charge in [0.1, 0.15) is 0 Å². The van der Waals surface area contributed by atoms with Gasteiger partial charge in [-0.05, 0) is 60.3 Å². The number of hydrogen-bond donors (Lipinski definition) is 1. The number of amides is 1. The third-order valence-electron chi connectivity index (χ3n) is 4.14. The van der Waals surface area contributed by atoms with Crippen molar-refractivity contribution in [2.24, 2.45) is 0 Å². The van der Waals surface area contributed by atoms with Crippen LogP contribution in [0.2, 0.25) is 0 Å². The maximum Gasteiger partial charge on any atom is 0.244 e. The lowest BCUT2D eigenvalue weighted by molar-refractivity contribution is -0.116. The summed E-state index contributed by atoms with van der Waals surface area (Å²) in [5.41, 5.74) is 1.97. The quantitative estimate of drug-likeness (QED) is 0.667. The third kappa shape index (κ3) is 5.48. The molecular formula is C20H26N2O4S. The number of carbonyl (C=O) groups excluding carboxylic acids is 1. The van der Waals surface area contributed by atoms with Gasteiger partial charge < -0.3 is 24.4 Å². The Morgan fingerprint density at radius 2 is 1.85 bits per heavy atom. The first-order valence-electron chi connectivity index (χ1n) is 8.44. The van der Waals surface area contributed by atoms with Gasteiger partial charge in [-0.25, -0.2) is 0 Å². The average Bonchev–Trinajstić information content (AvgIpc) is 3.19. The molecule has 2 rings (SSSR count). The van der Waals surface area contributed by atoms with Crippen molar-refractivity contribution in [3.05, 3.63) is 46.2 Å². The zero-order chi connectivity index (χ0) is 19.8. The molecule has 1 amide bonds. The highest BCUT2D eigenvalue weighted by Gasteiger charge is 2.15. The zero-order valence-electron chi connectivity index (χ0n) is 16.3. The fourth-order valence-electron chi connectivity index (χ4n) is 2.69. The van der Waals surface area contributed by atoms with Crippen LogP contribution in [-0.4, -0.2) is 52.8 Å². The molecule has 1 N–H and O–H groups in total. The summed E-state index contributed by atoms with van der Waals surface area (Å²) in [6.07, 6.45) is 3.22. The van der Waals surface area contributed by atoms with Crippen LogP contribution in [0.5, 0.6) is 17.2 Å². The molecule has 146 valence electrons. The van der Waals surface area contributed by atoms with Crippen LogP contribution in [-0.2, 0) is 4.79 Å². The third-order valence-corrected chi connectivity index (χ3v) is 4.84. The fourth-order valence-corrected chi connectivity index (χ4v) is 3.40. The SMILES string of the molecule is COc1cc(/C=C/C(=O)NCC(c2ccsc2)N(C)C)cc(OC)c1OC. The van der Waals surface area contributed by atoms with Crippen LogP contribution in [0.1, 0.15) is 17.2 Å². The van der Waals surface area contributed by atoms with Crippen LogP contribution in [0.3, 0.4) is 0 Å². The second-order valence-electron chi connectivity index (χ2n) is 6.07. The van der Waals surface area contributed by atoms with Gasteiger partial charge in [-0.15, -0.1) is 0 Å². The Morgan fingerprint density at radius 1 is 1.19 bits per heavy atom. The summed E-state index contributed by atoms with van der Waals surface area (Å²) < 4.78 is 16.0. The first-order chi connectivity index (χ1) is 13.0. The van der Waals surface area contributed by atoms with E-state index in [1.54, 1.807) is 50.9 Å². The summed E-state index contributed by atoms with van der Waals surface area (Å²) in [6, 6.07) is 5.79. The van der Waals surface area contributed by atoms with E-state index in [9.17, 15) is 4.79 Å². The number of nitrogens with one attached hydrogen (secondary N) is 1. The Morgan fingerprint density at radius 3 is 2.33 bits per heavy atom. The summed E-state index contributed by atoms with van der Waals surface area (Å²) >= 11 is 1.65. The van der Waals surface area contributed by atoms with Gasteiger partial charge >= 0.3 is 0 Å². The highest BCUT2D eigenvalue weighted by atomic mass is 32.1. The van der Waals surface area contributed by atoms with Crippen LogP contribution in [0, 0.1) is 0 Å². The van der Waals surface area contributed by atoms with E-state index in [2.05, 4.69) is 21.7 Å². The maximum absolute atomic E-state index is 12.2. The minimum absolute atomic E-state index is 0.134. The van der Waals surface area contributed by atoms with Gasteiger partial charge in [0, 0.05) is 12.6 Å². The molecule has 0 aliphatic rings. The topological polar surface area (TPSA) is 60.0 Å². The number of benzene rings is 1. The summed E-state index contributed by atoms with van der Waals surface area (Å²) in [5.74, 6) is 1.45. The van der Waals surface area contributed by atoms with Crippen molar-refractivity contribution in [3.8, 4) is 17.2 Å². The fraction of sp³-hybridized carbons (Fsp3) is 0.350. The van der Waals surface area contributed by atoms with E-state index in [0.717, 1.165) is 5.56 Å². The molecule has 1 aromatic heterocycles. The normalized spacial score (nSPS) is 12.2. The molecule has 1 atom stereocenters. The van der Waals surface area contributed by atoms with Gasteiger partial charge in [0.05, 0.1) is 27.4 Å². The summed E-state index contributed by atoms with van der Waals surface area (Å²) in [6.45, 7) is 0.530. The van der Waals surface area contributed by atoms with Crippen molar-refractivity contribution in [1.82, 2.24) is 10.2 Å². The maximum atomic E-state index is 12.2. The Kier molecular flexibility index (Phi) is 7.69. The number of carbonyl (C=O) groups is 1. The molecule has 0 saturated heterocycles. The van der Waals surface area contributed by atoms with Crippen LogP contribution in [0.25, 0.3) is 6.08 Å². The second kappa shape index (κ2) is 9.99. The number of ether oxygens (including phenoxy) is 3. The number of hydrogen-bond acceptors (Lipinski definition) is 6. The van der Waals surface area contributed by atoms with Crippen LogP contribution < -0.4 is 19.5 Å². The van der Waals surface area contributed by atoms with Crippen molar-refractivity contribution in [2.45, 2.75) is 6.04 Å². The van der Waals surface area contributed by atoms with Gasteiger partial charge in [0.15, 0.2) is 11.5 Å². The van der Waals surface area contributed by atoms with Crippen LogP contribution >= 0.6 is 11.3 Å². The molecule has 0 fully saturated rings. The van der Waals surface area contributed by atoms with Crippen molar-refractivity contribution >= 4 is 23.3 Å². The minimum Gasteiger partial charge on any atom is -0.493 e. The standard InChI is InChI=1S/C20H26N2O4S/c1-22(2)16(15-8-9-27-13-15)12-21-19(23)7-6-14-10-17(24-3)20(26-5)18(11-14)25-4/h6-11,13,16H,12H2,1-5H3,(H,21,23)/b7-6+. The van der Waals surface area contributed by atoms with Crippen molar-refractivity contribution < 1.29 is 19.0 Å². The summed E-state index contributed by atoms with van der Waals surface area (Å²) in [5, 5.41) is 7.09. The van der Waals surface area contributed by atoms with Crippen LogP contribution in [0.15, 0.2) is 35.0 Å². The largest absolute Gasteiger partial charge is 0.493 e. The Bertz CT molecular complexity index is 747. The van der Waals surface area contributed by atoms with E-state index < -0.39 is 0 Å². The lowest BCUT2D eigenvalue weighted by atomic mass is 10.1. The molecule has 0 bridgehead atoms. The molecule has 27 heavy (non-hydrogen) atoms. The van der Waals surface area contributed by atoms with E-state index in [1.807, 2.05) is 19.5 Å². The molecule has 6 nitrogen and oxygen atoms in total. The number of likely N-dealkylation sites (N-methyl/N-ethyl adjacent to an activating group) is 1. The van der Waals surface area contributed by atoms with Crippen molar-refractivity contribution in [2.75, 3.05) is 42.0 Å². The Labute approximate surface area is 164 Å². The van der Waals surface area contributed by atoms with Gasteiger partial charge in [0.25, 0.3) is 0 Å². The Hall–Kier alpha value is -2.51. The van der Waals surface area contributed by atoms with Crippen molar-refractivity contribution in [1.29, 1.82) is 0 Å². The van der Waals surface area contributed by atoms with Gasteiger partial charge in [-0.2, -0.15) is 11.3 Å². The minimum atomic E-state index is -0.161. The van der Waals surface area contributed by atoms with E-state index >= 15 is 0 Å². The predicted octanol–water partition coefficient (Wildman–Crippen LogP) is 3.21. The van der Waals surface area contributed by atoms with E-state index in [-0.39, 0.29) is 11.9 Å². The molecule has 0 radical (unpaired) electrons. The molecule has 7 heteroatoms. The first-order valence-corrected chi connectivity index (χ1v) is 9.38. The highest BCUT2D eigenvalue weighted by molar-refractivity contribution is 7.07. The van der Waals surface area contributed by atoms with Gasteiger partial charge in [-0.3, -0.25) is 4.79 Å². The van der Waals surface area contributed by atoms with Crippen LogP contribution in [0.4, 0.5) is 0 Å². The predicted molar refractivity (Wildman–Crippen MR) is 109 cm³/mol. The monoisotopic (exact) mass is 390 g/mol. The molecule has 1 unspecified atom stereocenters. The molecule has 0 saturated carbocycles. The zero-order valence-corrected chi connectivity index (χ0v) is 17.1. The number of methoxy groups -OCH3 is 3. The molecular weight excluding hydrogens is 364 g/mol.